The van der Waals surface area contributed by atoms with Crippen LogP contribution in [0.25, 0.3) is 0 Å². The molecule has 2 rings (SSSR count). The lowest BCUT2D eigenvalue weighted by Gasteiger charge is -2.34. The summed E-state index contributed by atoms with van der Waals surface area (Å²) in [6, 6.07) is 8.22. The highest BCUT2D eigenvalue weighted by Gasteiger charge is 2.32. The number of fused-ring (bicyclic) bond motifs is 1. The van der Waals surface area contributed by atoms with Gasteiger partial charge in [-0.1, -0.05) is 31.2 Å². The Bertz CT molecular complexity index is 315. The van der Waals surface area contributed by atoms with E-state index in [4.69, 9.17) is 0 Å². The number of aliphatic hydroxyl groups is 1. The van der Waals surface area contributed by atoms with Crippen LogP contribution < -0.4 is 0 Å². The van der Waals surface area contributed by atoms with E-state index in [-0.39, 0.29) is 0 Å². The summed E-state index contributed by atoms with van der Waals surface area (Å²) in [6.45, 7) is 4.12. The van der Waals surface area contributed by atoms with Crippen molar-refractivity contribution in [2.45, 2.75) is 32.3 Å². The lowest BCUT2D eigenvalue weighted by atomic mass is 9.75. The first kappa shape index (κ1) is 8.76. The molecule has 70 valence electrons. The molecule has 13 heavy (non-hydrogen) atoms. The molecule has 0 spiro atoms. The highest BCUT2D eigenvalue weighted by molar-refractivity contribution is 5.34. The molecule has 0 aliphatic heterocycles. The van der Waals surface area contributed by atoms with Crippen LogP contribution in [0.1, 0.15) is 31.4 Å². The van der Waals surface area contributed by atoms with Gasteiger partial charge in [-0.05, 0) is 36.8 Å². The molecule has 0 fully saturated rings. The summed E-state index contributed by atoms with van der Waals surface area (Å²) in [4.78, 5) is 0. The van der Waals surface area contributed by atoms with E-state index in [0.717, 1.165) is 18.4 Å². The number of hydrogen-bond acceptors (Lipinski definition) is 1. The van der Waals surface area contributed by atoms with E-state index in [9.17, 15) is 5.11 Å². The topological polar surface area (TPSA) is 20.2 Å². The maximum atomic E-state index is 10.2. The Kier molecular flexibility index (Phi) is 1.92. The zero-order valence-electron chi connectivity index (χ0n) is 8.25. The number of hydrogen-bond donors (Lipinski definition) is 1. The van der Waals surface area contributed by atoms with E-state index >= 15 is 0 Å². The molecule has 0 saturated heterocycles. The predicted molar refractivity (Wildman–Crippen MR) is 53.5 cm³/mol. The van der Waals surface area contributed by atoms with Gasteiger partial charge in [0.25, 0.3) is 0 Å². The third kappa shape index (κ3) is 1.49. The van der Waals surface area contributed by atoms with Crippen molar-refractivity contribution in [3.8, 4) is 0 Å². The lowest BCUT2D eigenvalue weighted by molar-refractivity contribution is 0.0234. The highest BCUT2D eigenvalue weighted by Crippen LogP contribution is 2.37. The molecule has 0 bridgehead atoms. The molecule has 0 amide bonds. The van der Waals surface area contributed by atoms with Crippen LogP contribution in [0.5, 0.6) is 0 Å². The van der Waals surface area contributed by atoms with Crippen molar-refractivity contribution in [3.63, 3.8) is 0 Å². The Hall–Kier alpha value is -0.820. The molecule has 2 atom stereocenters. The van der Waals surface area contributed by atoms with Crippen molar-refractivity contribution >= 4 is 0 Å². The fraction of sp³-hybridized carbons (Fsp3) is 0.500. The van der Waals surface area contributed by atoms with Crippen molar-refractivity contribution in [1.29, 1.82) is 0 Å². The second-order valence-corrected chi connectivity index (χ2v) is 4.44. The third-order valence-corrected chi connectivity index (χ3v) is 2.91. The maximum Gasteiger partial charge on any atom is 0.0873 e. The van der Waals surface area contributed by atoms with Gasteiger partial charge < -0.3 is 5.11 Å². The van der Waals surface area contributed by atoms with Crippen LogP contribution in [0.3, 0.4) is 0 Å². The molecule has 0 heterocycles. The number of benzene rings is 1. The molecule has 1 aromatic rings. The normalized spacial score (nSPS) is 32.7. The molecule has 0 radical (unpaired) electrons. The Morgan fingerprint density at radius 1 is 1.38 bits per heavy atom. The molecule has 1 N–H and O–H groups in total. The van der Waals surface area contributed by atoms with E-state index in [1.165, 1.54) is 5.56 Å². The monoisotopic (exact) mass is 176 g/mol. The van der Waals surface area contributed by atoms with Crippen LogP contribution in [0.4, 0.5) is 0 Å². The molecule has 0 saturated carbocycles. The fourth-order valence-corrected chi connectivity index (χ4v) is 2.46. The van der Waals surface area contributed by atoms with Gasteiger partial charge in [-0.15, -0.1) is 0 Å². The van der Waals surface area contributed by atoms with Gasteiger partial charge in [0.05, 0.1) is 5.60 Å². The average molecular weight is 176 g/mol. The summed E-state index contributed by atoms with van der Waals surface area (Å²) in [5.41, 5.74) is 1.81. The molecular weight excluding hydrogens is 160 g/mol. The van der Waals surface area contributed by atoms with E-state index in [1.807, 2.05) is 25.1 Å². The third-order valence-electron chi connectivity index (χ3n) is 2.91. The second-order valence-electron chi connectivity index (χ2n) is 4.44. The average Bonchev–Trinajstić information content (AvgIpc) is 2.02. The molecular formula is C12H16O. The first-order valence-corrected chi connectivity index (χ1v) is 4.90. The summed E-state index contributed by atoms with van der Waals surface area (Å²) in [5, 5.41) is 10.2. The van der Waals surface area contributed by atoms with Gasteiger partial charge in [-0.25, -0.2) is 0 Å². The Labute approximate surface area is 79.4 Å². The largest absolute Gasteiger partial charge is 0.385 e. The Balaban J connectivity index is 2.50. The number of rotatable bonds is 0. The second kappa shape index (κ2) is 2.85. The molecule has 1 aliphatic carbocycles. The van der Waals surface area contributed by atoms with Gasteiger partial charge >= 0.3 is 0 Å². The zero-order valence-corrected chi connectivity index (χ0v) is 8.25. The first-order chi connectivity index (χ1) is 6.09. The van der Waals surface area contributed by atoms with Crippen molar-refractivity contribution in [1.82, 2.24) is 0 Å². The smallest absolute Gasteiger partial charge is 0.0873 e. The van der Waals surface area contributed by atoms with Crippen LogP contribution in [0, 0.1) is 5.92 Å². The molecule has 1 heteroatoms. The quantitative estimate of drug-likeness (QED) is 0.644. The summed E-state index contributed by atoms with van der Waals surface area (Å²) < 4.78 is 0. The maximum absolute atomic E-state index is 10.2. The van der Waals surface area contributed by atoms with Crippen LogP contribution in [-0.2, 0) is 12.0 Å². The van der Waals surface area contributed by atoms with Gasteiger partial charge in [0.2, 0.25) is 0 Å². The van der Waals surface area contributed by atoms with Crippen LogP contribution in [-0.4, -0.2) is 5.11 Å². The fourth-order valence-electron chi connectivity index (χ4n) is 2.46. The van der Waals surface area contributed by atoms with E-state index < -0.39 is 5.60 Å². The minimum Gasteiger partial charge on any atom is -0.385 e. The van der Waals surface area contributed by atoms with Crippen LogP contribution in [0.2, 0.25) is 0 Å². The molecule has 1 aliphatic rings. The minimum absolute atomic E-state index is 0.588. The molecule has 1 aromatic carbocycles. The summed E-state index contributed by atoms with van der Waals surface area (Å²) in [7, 11) is 0. The minimum atomic E-state index is -0.617. The molecule has 2 unspecified atom stereocenters. The van der Waals surface area contributed by atoms with Gasteiger partial charge in [0.1, 0.15) is 0 Å². The van der Waals surface area contributed by atoms with Crippen molar-refractivity contribution < 1.29 is 5.11 Å². The van der Waals surface area contributed by atoms with Gasteiger partial charge in [0.15, 0.2) is 0 Å². The van der Waals surface area contributed by atoms with Crippen LogP contribution >= 0.6 is 0 Å². The van der Waals surface area contributed by atoms with Crippen molar-refractivity contribution in [2.24, 2.45) is 5.92 Å². The summed E-state index contributed by atoms with van der Waals surface area (Å²) in [6.07, 6.45) is 1.98. The standard InChI is InChI=1S/C12H16O/c1-9-7-10-5-3-4-6-11(10)12(2,13)8-9/h3-6,9,13H,7-8H2,1-2H3. The van der Waals surface area contributed by atoms with E-state index in [0.29, 0.717) is 5.92 Å². The SMILES string of the molecule is CC1Cc2ccccc2C(C)(O)C1. The van der Waals surface area contributed by atoms with Crippen LogP contribution in [0.15, 0.2) is 24.3 Å². The zero-order chi connectivity index (χ0) is 9.47. The van der Waals surface area contributed by atoms with Crippen molar-refractivity contribution in [2.75, 3.05) is 0 Å². The first-order valence-electron chi connectivity index (χ1n) is 4.90. The van der Waals surface area contributed by atoms with Crippen molar-refractivity contribution in [3.05, 3.63) is 35.4 Å². The summed E-state index contributed by atoms with van der Waals surface area (Å²) >= 11 is 0. The van der Waals surface area contributed by atoms with E-state index in [2.05, 4.69) is 13.0 Å². The van der Waals surface area contributed by atoms with Gasteiger partial charge in [0, 0.05) is 0 Å². The Morgan fingerprint density at radius 2 is 2.08 bits per heavy atom. The highest BCUT2D eigenvalue weighted by atomic mass is 16.3. The molecule has 0 aromatic heterocycles. The van der Waals surface area contributed by atoms with Gasteiger partial charge in [-0.3, -0.25) is 0 Å². The Morgan fingerprint density at radius 3 is 2.85 bits per heavy atom. The molecule has 1 nitrogen and oxygen atoms in total. The predicted octanol–water partition coefficient (Wildman–Crippen LogP) is 2.48. The summed E-state index contributed by atoms with van der Waals surface area (Å²) in [5.74, 6) is 0.588. The lowest BCUT2D eigenvalue weighted by Crippen LogP contribution is -2.30. The van der Waals surface area contributed by atoms with Gasteiger partial charge in [-0.2, -0.15) is 0 Å². The van der Waals surface area contributed by atoms with E-state index in [1.54, 1.807) is 0 Å².